The van der Waals surface area contributed by atoms with Crippen LogP contribution in [0.2, 0.25) is 0 Å². The minimum atomic E-state index is 0. The Hall–Kier alpha value is -1.35. The lowest BCUT2D eigenvalue weighted by Crippen LogP contribution is -2.44. The number of likely N-dealkylation sites (N-methyl/N-ethyl adjacent to an activating group) is 1. The van der Waals surface area contributed by atoms with Gasteiger partial charge in [-0.15, -0.1) is 24.0 Å². The number of benzene rings is 1. The Morgan fingerprint density at radius 3 is 2.29 bits per heavy atom. The molecule has 7 heteroatoms. The van der Waals surface area contributed by atoms with Crippen molar-refractivity contribution in [1.29, 1.82) is 0 Å². The predicted octanol–water partition coefficient (Wildman–Crippen LogP) is 3.16. The zero-order valence-electron chi connectivity index (χ0n) is 18.0. The van der Waals surface area contributed by atoms with E-state index in [1.54, 1.807) is 7.05 Å². The smallest absolute Gasteiger partial charge is 0.221 e. The van der Waals surface area contributed by atoms with Crippen LogP contribution in [0.1, 0.15) is 52.1 Å². The van der Waals surface area contributed by atoms with Crippen LogP contribution in [0.5, 0.6) is 0 Å². The van der Waals surface area contributed by atoms with Crippen molar-refractivity contribution in [2.75, 3.05) is 33.2 Å². The van der Waals surface area contributed by atoms with E-state index in [0.29, 0.717) is 13.0 Å². The summed E-state index contributed by atoms with van der Waals surface area (Å²) in [5.41, 5.74) is 1.29. The molecule has 6 nitrogen and oxygen atoms in total. The quantitative estimate of drug-likeness (QED) is 0.247. The van der Waals surface area contributed by atoms with Gasteiger partial charge in [0.2, 0.25) is 5.91 Å². The van der Waals surface area contributed by atoms with Gasteiger partial charge < -0.3 is 16.0 Å². The standard InChI is InChI=1S/C21H37N5O.HI/c1-6-17(4)25-20(27)14-15-23-21(22-5)24-16-19(26(7-2)8-3)18-12-10-9-11-13-18;/h9-13,17,19H,6-8,14-16H2,1-5H3,(H,25,27)(H2,22,23,24);1H. The van der Waals surface area contributed by atoms with Crippen LogP contribution in [0, 0.1) is 0 Å². The van der Waals surface area contributed by atoms with Crippen molar-refractivity contribution in [2.45, 2.75) is 52.6 Å². The molecule has 0 spiro atoms. The van der Waals surface area contributed by atoms with E-state index in [-0.39, 0.29) is 42.0 Å². The van der Waals surface area contributed by atoms with Crippen molar-refractivity contribution in [3.05, 3.63) is 35.9 Å². The first-order valence-electron chi connectivity index (χ1n) is 10.1. The van der Waals surface area contributed by atoms with Gasteiger partial charge in [-0.05, 0) is 32.0 Å². The van der Waals surface area contributed by atoms with E-state index in [0.717, 1.165) is 32.0 Å². The summed E-state index contributed by atoms with van der Waals surface area (Å²) in [7, 11) is 1.75. The lowest BCUT2D eigenvalue weighted by atomic mass is 10.1. The Bertz CT molecular complexity index is 563. The maximum Gasteiger partial charge on any atom is 0.221 e. The Labute approximate surface area is 188 Å². The molecule has 0 saturated heterocycles. The van der Waals surface area contributed by atoms with Crippen LogP contribution >= 0.6 is 24.0 Å². The summed E-state index contributed by atoms with van der Waals surface area (Å²) in [6.45, 7) is 11.7. The molecule has 0 aliphatic heterocycles. The van der Waals surface area contributed by atoms with Crippen molar-refractivity contribution >= 4 is 35.8 Å². The van der Waals surface area contributed by atoms with Crippen LogP contribution in [0.3, 0.4) is 0 Å². The average Bonchev–Trinajstić information content (AvgIpc) is 2.70. The summed E-state index contributed by atoms with van der Waals surface area (Å²) in [6, 6.07) is 11.0. The van der Waals surface area contributed by atoms with Gasteiger partial charge in [-0.2, -0.15) is 0 Å². The van der Waals surface area contributed by atoms with Crippen LogP contribution in [0.15, 0.2) is 35.3 Å². The van der Waals surface area contributed by atoms with E-state index in [2.05, 4.69) is 70.9 Å². The normalized spacial score (nSPS) is 13.4. The fraction of sp³-hybridized carbons (Fsp3) is 0.619. The second-order valence-corrected chi connectivity index (χ2v) is 6.65. The molecule has 2 atom stereocenters. The van der Waals surface area contributed by atoms with E-state index in [4.69, 9.17) is 0 Å². The van der Waals surface area contributed by atoms with Gasteiger partial charge in [0, 0.05) is 32.6 Å². The molecule has 1 aromatic carbocycles. The number of aliphatic imine (C=N–C) groups is 1. The van der Waals surface area contributed by atoms with E-state index in [1.165, 1.54) is 5.56 Å². The van der Waals surface area contributed by atoms with Gasteiger partial charge in [0.25, 0.3) is 0 Å². The predicted molar refractivity (Wildman–Crippen MR) is 129 cm³/mol. The molecular formula is C21H38IN5O. The Morgan fingerprint density at radius 1 is 1.11 bits per heavy atom. The maximum absolute atomic E-state index is 11.9. The first kappa shape index (κ1) is 26.6. The summed E-state index contributed by atoms with van der Waals surface area (Å²) in [5, 5.41) is 9.62. The second kappa shape index (κ2) is 15.6. The first-order valence-corrected chi connectivity index (χ1v) is 10.1. The van der Waals surface area contributed by atoms with Crippen LogP contribution < -0.4 is 16.0 Å². The average molecular weight is 503 g/mol. The Balaban J connectivity index is 0.00000729. The molecule has 0 bridgehead atoms. The van der Waals surface area contributed by atoms with Gasteiger partial charge in [0.15, 0.2) is 5.96 Å². The highest BCUT2D eigenvalue weighted by atomic mass is 127. The number of nitrogens with zero attached hydrogens (tertiary/aromatic N) is 2. The minimum absolute atomic E-state index is 0. The molecule has 1 aromatic rings. The molecule has 0 aliphatic rings. The number of carbonyl (C=O) groups is 1. The number of amides is 1. The van der Waals surface area contributed by atoms with Crippen LogP contribution in [0.4, 0.5) is 0 Å². The van der Waals surface area contributed by atoms with E-state index in [1.807, 2.05) is 13.0 Å². The summed E-state index contributed by atoms with van der Waals surface area (Å²) in [6.07, 6.45) is 1.37. The number of guanidine groups is 1. The van der Waals surface area contributed by atoms with Crippen molar-refractivity contribution in [2.24, 2.45) is 4.99 Å². The van der Waals surface area contributed by atoms with Crippen LogP contribution in [0.25, 0.3) is 0 Å². The Morgan fingerprint density at radius 2 is 1.75 bits per heavy atom. The highest BCUT2D eigenvalue weighted by Gasteiger charge is 2.18. The number of hydrogen-bond acceptors (Lipinski definition) is 3. The van der Waals surface area contributed by atoms with Gasteiger partial charge in [-0.25, -0.2) is 0 Å². The number of halogens is 1. The van der Waals surface area contributed by atoms with Gasteiger partial charge in [0.05, 0.1) is 6.04 Å². The van der Waals surface area contributed by atoms with Crippen molar-refractivity contribution < 1.29 is 4.79 Å². The molecule has 1 amide bonds. The number of carbonyl (C=O) groups excluding carboxylic acids is 1. The highest BCUT2D eigenvalue weighted by Crippen LogP contribution is 2.19. The lowest BCUT2D eigenvalue weighted by Gasteiger charge is -2.30. The molecule has 160 valence electrons. The molecule has 0 aromatic heterocycles. The summed E-state index contributed by atoms with van der Waals surface area (Å²) in [4.78, 5) is 18.6. The summed E-state index contributed by atoms with van der Waals surface area (Å²) >= 11 is 0. The number of nitrogens with one attached hydrogen (secondary N) is 3. The molecule has 0 aliphatic carbocycles. The number of hydrogen-bond donors (Lipinski definition) is 3. The third kappa shape index (κ3) is 9.73. The topological polar surface area (TPSA) is 68.8 Å². The minimum Gasteiger partial charge on any atom is -0.356 e. The SMILES string of the molecule is CCC(C)NC(=O)CCNC(=NC)NCC(c1ccccc1)N(CC)CC.I. The molecule has 28 heavy (non-hydrogen) atoms. The fourth-order valence-corrected chi connectivity index (χ4v) is 2.95. The van der Waals surface area contributed by atoms with Crippen LogP contribution in [-0.4, -0.2) is 56.0 Å². The zero-order chi connectivity index (χ0) is 20.1. The van der Waals surface area contributed by atoms with E-state index < -0.39 is 0 Å². The molecule has 0 fully saturated rings. The third-order valence-corrected chi connectivity index (χ3v) is 4.79. The fourth-order valence-electron chi connectivity index (χ4n) is 2.95. The molecule has 2 unspecified atom stereocenters. The summed E-state index contributed by atoms with van der Waals surface area (Å²) < 4.78 is 0. The molecule has 0 saturated carbocycles. The maximum atomic E-state index is 11.9. The van der Waals surface area contributed by atoms with Crippen molar-refractivity contribution in [3.8, 4) is 0 Å². The van der Waals surface area contributed by atoms with Gasteiger partial charge in [-0.3, -0.25) is 14.7 Å². The van der Waals surface area contributed by atoms with E-state index in [9.17, 15) is 4.79 Å². The highest BCUT2D eigenvalue weighted by molar-refractivity contribution is 14.0. The third-order valence-electron chi connectivity index (χ3n) is 4.79. The second-order valence-electron chi connectivity index (χ2n) is 6.65. The largest absolute Gasteiger partial charge is 0.356 e. The van der Waals surface area contributed by atoms with Gasteiger partial charge in [-0.1, -0.05) is 51.1 Å². The zero-order valence-corrected chi connectivity index (χ0v) is 20.3. The molecular weight excluding hydrogens is 465 g/mol. The van der Waals surface area contributed by atoms with Crippen LogP contribution in [-0.2, 0) is 4.79 Å². The van der Waals surface area contributed by atoms with Gasteiger partial charge >= 0.3 is 0 Å². The molecule has 0 heterocycles. The monoisotopic (exact) mass is 503 g/mol. The van der Waals surface area contributed by atoms with E-state index >= 15 is 0 Å². The molecule has 1 rings (SSSR count). The van der Waals surface area contributed by atoms with Crippen molar-refractivity contribution in [3.63, 3.8) is 0 Å². The Kier molecular flexibility index (Phi) is 14.8. The first-order chi connectivity index (χ1) is 13.0. The molecule has 0 radical (unpaired) electrons. The van der Waals surface area contributed by atoms with Crippen molar-refractivity contribution in [1.82, 2.24) is 20.9 Å². The lowest BCUT2D eigenvalue weighted by molar-refractivity contribution is -0.121. The van der Waals surface area contributed by atoms with Gasteiger partial charge in [0.1, 0.15) is 0 Å². The summed E-state index contributed by atoms with van der Waals surface area (Å²) in [5.74, 6) is 0.789. The number of rotatable bonds is 11. The molecule has 3 N–H and O–H groups in total.